The van der Waals surface area contributed by atoms with Crippen molar-refractivity contribution in [3.05, 3.63) is 53.1 Å². The lowest BCUT2D eigenvalue weighted by Crippen LogP contribution is -2.18. The molecule has 0 saturated carbocycles. The fourth-order valence-electron chi connectivity index (χ4n) is 2.34. The summed E-state index contributed by atoms with van der Waals surface area (Å²) in [5.74, 6) is 1.50. The topological polar surface area (TPSA) is 69.2 Å². The van der Waals surface area contributed by atoms with Gasteiger partial charge < -0.3 is 14.2 Å². The third-order valence-electron chi connectivity index (χ3n) is 3.53. The fourth-order valence-corrected chi connectivity index (χ4v) is 2.34. The van der Waals surface area contributed by atoms with Crippen molar-refractivity contribution in [2.24, 2.45) is 5.10 Å². The van der Waals surface area contributed by atoms with E-state index < -0.39 is 0 Å². The molecule has 0 saturated heterocycles. The molecule has 126 valence electrons. The van der Waals surface area contributed by atoms with Crippen molar-refractivity contribution in [3.63, 3.8) is 0 Å². The molecule has 0 fully saturated rings. The fraction of sp³-hybridized carbons (Fsp3) is 0.222. The highest BCUT2D eigenvalue weighted by molar-refractivity contribution is 5.97. The van der Waals surface area contributed by atoms with E-state index in [9.17, 15) is 4.79 Å². The largest absolute Gasteiger partial charge is 0.496 e. The van der Waals surface area contributed by atoms with Crippen molar-refractivity contribution in [1.82, 2.24) is 5.43 Å². The Kier molecular flexibility index (Phi) is 5.78. The van der Waals surface area contributed by atoms with E-state index in [4.69, 9.17) is 14.2 Å². The van der Waals surface area contributed by atoms with Crippen LogP contribution in [0.15, 0.2) is 41.5 Å². The van der Waals surface area contributed by atoms with E-state index >= 15 is 0 Å². The van der Waals surface area contributed by atoms with Crippen molar-refractivity contribution in [3.8, 4) is 17.2 Å². The standard InChI is InChI=1S/C18H20N2O4/c1-12-15(22-2)10-9-13(17(12)24-4)11-19-20-18(21)14-7-5-6-8-16(14)23-3/h5-11H,1-4H3,(H,20,21)/b19-11+. The van der Waals surface area contributed by atoms with Crippen molar-refractivity contribution in [2.75, 3.05) is 21.3 Å². The van der Waals surface area contributed by atoms with Crippen LogP contribution in [0.3, 0.4) is 0 Å². The highest BCUT2D eigenvalue weighted by Gasteiger charge is 2.11. The number of nitrogens with zero attached hydrogens (tertiary/aromatic N) is 1. The number of ether oxygens (including phenoxy) is 3. The van der Waals surface area contributed by atoms with Crippen LogP contribution in [0.5, 0.6) is 17.2 Å². The quantitative estimate of drug-likeness (QED) is 0.654. The van der Waals surface area contributed by atoms with E-state index in [2.05, 4.69) is 10.5 Å². The van der Waals surface area contributed by atoms with Crippen LogP contribution in [-0.2, 0) is 0 Å². The monoisotopic (exact) mass is 328 g/mol. The number of hydrazone groups is 1. The first kappa shape index (κ1) is 17.3. The molecule has 0 spiro atoms. The number of para-hydroxylation sites is 1. The van der Waals surface area contributed by atoms with Gasteiger partial charge in [0.25, 0.3) is 5.91 Å². The summed E-state index contributed by atoms with van der Waals surface area (Å²) in [6, 6.07) is 10.6. The minimum absolute atomic E-state index is 0.354. The zero-order chi connectivity index (χ0) is 17.5. The summed E-state index contributed by atoms with van der Waals surface area (Å²) in [5.41, 5.74) is 4.49. The molecule has 0 aliphatic heterocycles. The highest BCUT2D eigenvalue weighted by atomic mass is 16.5. The molecular formula is C18H20N2O4. The van der Waals surface area contributed by atoms with Crippen molar-refractivity contribution in [1.29, 1.82) is 0 Å². The average Bonchev–Trinajstić information content (AvgIpc) is 2.61. The van der Waals surface area contributed by atoms with E-state index in [0.717, 1.165) is 16.9 Å². The summed E-state index contributed by atoms with van der Waals surface area (Å²) >= 11 is 0. The van der Waals surface area contributed by atoms with E-state index in [0.29, 0.717) is 17.1 Å². The lowest BCUT2D eigenvalue weighted by Gasteiger charge is -2.12. The lowest BCUT2D eigenvalue weighted by molar-refractivity contribution is 0.0952. The van der Waals surface area contributed by atoms with E-state index in [1.165, 1.54) is 13.3 Å². The Labute approximate surface area is 141 Å². The van der Waals surface area contributed by atoms with Crippen molar-refractivity contribution in [2.45, 2.75) is 6.92 Å². The van der Waals surface area contributed by atoms with Gasteiger partial charge in [0.05, 0.1) is 33.1 Å². The molecule has 2 aromatic rings. The van der Waals surface area contributed by atoms with Crippen molar-refractivity contribution < 1.29 is 19.0 Å². The van der Waals surface area contributed by atoms with Crippen LogP contribution >= 0.6 is 0 Å². The van der Waals surface area contributed by atoms with Crippen LogP contribution in [0.25, 0.3) is 0 Å². The van der Waals surface area contributed by atoms with Crippen LogP contribution in [0, 0.1) is 6.92 Å². The Hall–Kier alpha value is -3.02. The molecule has 6 nitrogen and oxygen atoms in total. The molecule has 0 bridgehead atoms. The average molecular weight is 328 g/mol. The molecule has 0 atom stereocenters. The summed E-state index contributed by atoms with van der Waals surface area (Å²) in [6.45, 7) is 1.89. The molecule has 0 aliphatic carbocycles. The Morgan fingerprint density at radius 1 is 1.00 bits per heavy atom. The second-order valence-electron chi connectivity index (χ2n) is 4.91. The van der Waals surface area contributed by atoms with E-state index in [-0.39, 0.29) is 5.91 Å². The predicted octanol–water partition coefficient (Wildman–Crippen LogP) is 2.78. The Balaban J connectivity index is 2.17. The molecule has 1 N–H and O–H groups in total. The number of benzene rings is 2. The molecule has 6 heteroatoms. The molecule has 24 heavy (non-hydrogen) atoms. The maximum atomic E-state index is 12.2. The minimum Gasteiger partial charge on any atom is -0.496 e. The van der Waals surface area contributed by atoms with Crippen molar-refractivity contribution >= 4 is 12.1 Å². The zero-order valence-corrected chi connectivity index (χ0v) is 14.1. The first-order chi connectivity index (χ1) is 11.6. The summed E-state index contributed by atoms with van der Waals surface area (Å²) in [7, 11) is 4.69. The molecule has 1 amide bonds. The number of amides is 1. The van der Waals surface area contributed by atoms with Gasteiger partial charge in [-0.05, 0) is 31.2 Å². The predicted molar refractivity (Wildman–Crippen MR) is 92.3 cm³/mol. The second-order valence-corrected chi connectivity index (χ2v) is 4.91. The van der Waals surface area contributed by atoms with Gasteiger partial charge in [-0.3, -0.25) is 4.79 Å². The number of carbonyl (C=O) groups excluding carboxylic acids is 1. The Bertz CT molecular complexity index is 757. The molecule has 0 unspecified atom stereocenters. The van der Waals surface area contributed by atoms with Gasteiger partial charge in [0.1, 0.15) is 17.2 Å². The summed E-state index contributed by atoms with van der Waals surface area (Å²) in [6.07, 6.45) is 1.53. The number of methoxy groups -OCH3 is 3. The summed E-state index contributed by atoms with van der Waals surface area (Å²) in [5, 5.41) is 4.00. The van der Waals surface area contributed by atoms with Gasteiger partial charge in [0, 0.05) is 11.1 Å². The molecule has 2 aromatic carbocycles. The highest BCUT2D eigenvalue weighted by Crippen LogP contribution is 2.30. The first-order valence-corrected chi connectivity index (χ1v) is 7.30. The number of carbonyl (C=O) groups is 1. The van der Waals surface area contributed by atoms with E-state index in [1.54, 1.807) is 38.5 Å². The van der Waals surface area contributed by atoms with Gasteiger partial charge in [-0.15, -0.1) is 0 Å². The van der Waals surface area contributed by atoms with Gasteiger partial charge in [-0.1, -0.05) is 12.1 Å². The number of nitrogens with one attached hydrogen (secondary N) is 1. The van der Waals surface area contributed by atoms with Crippen LogP contribution in [-0.4, -0.2) is 33.5 Å². The second kappa shape index (κ2) is 8.01. The molecule has 0 aromatic heterocycles. The lowest BCUT2D eigenvalue weighted by atomic mass is 10.1. The zero-order valence-electron chi connectivity index (χ0n) is 14.1. The smallest absolute Gasteiger partial charge is 0.275 e. The van der Waals surface area contributed by atoms with E-state index in [1.807, 2.05) is 19.1 Å². The summed E-state index contributed by atoms with van der Waals surface area (Å²) < 4.78 is 15.8. The normalized spacial score (nSPS) is 10.5. The van der Waals surface area contributed by atoms with Gasteiger partial charge in [0.15, 0.2) is 0 Å². The molecular weight excluding hydrogens is 308 g/mol. The number of hydrogen-bond acceptors (Lipinski definition) is 5. The Morgan fingerprint density at radius 3 is 2.38 bits per heavy atom. The number of hydrogen-bond donors (Lipinski definition) is 1. The van der Waals surface area contributed by atoms with Gasteiger partial charge in [0.2, 0.25) is 0 Å². The maximum Gasteiger partial charge on any atom is 0.275 e. The Morgan fingerprint density at radius 2 is 1.71 bits per heavy atom. The van der Waals surface area contributed by atoms with Crippen LogP contribution < -0.4 is 19.6 Å². The van der Waals surface area contributed by atoms with Gasteiger partial charge in [-0.25, -0.2) is 5.43 Å². The first-order valence-electron chi connectivity index (χ1n) is 7.30. The van der Waals surface area contributed by atoms with Crippen LogP contribution in [0.1, 0.15) is 21.5 Å². The number of rotatable bonds is 6. The third-order valence-corrected chi connectivity index (χ3v) is 3.53. The SMILES string of the molecule is COc1ccccc1C(=O)N/N=C/c1ccc(OC)c(C)c1OC. The third kappa shape index (κ3) is 3.65. The maximum absolute atomic E-state index is 12.2. The van der Waals surface area contributed by atoms with Gasteiger partial charge in [-0.2, -0.15) is 5.10 Å². The molecule has 0 heterocycles. The van der Waals surface area contributed by atoms with Crippen LogP contribution in [0.2, 0.25) is 0 Å². The summed E-state index contributed by atoms with van der Waals surface area (Å²) in [4.78, 5) is 12.2. The minimum atomic E-state index is -0.354. The van der Waals surface area contributed by atoms with Gasteiger partial charge >= 0.3 is 0 Å². The van der Waals surface area contributed by atoms with Crippen LogP contribution in [0.4, 0.5) is 0 Å². The molecule has 0 radical (unpaired) electrons. The molecule has 0 aliphatic rings. The molecule has 2 rings (SSSR count).